The fourth-order valence-corrected chi connectivity index (χ4v) is 2.36. The maximum absolute atomic E-state index is 13.6. The van der Waals surface area contributed by atoms with Crippen LogP contribution in [0.25, 0.3) is 10.6 Å². The molecule has 2 nitrogen and oxygen atoms in total. The minimum Gasteiger partial charge on any atom is -0.310 e. The molecule has 0 saturated carbocycles. The zero-order chi connectivity index (χ0) is 13.1. The summed E-state index contributed by atoms with van der Waals surface area (Å²) in [4.78, 5) is 5.14. The van der Waals surface area contributed by atoms with Gasteiger partial charge in [-0.05, 0) is 18.2 Å². The molecule has 2 aromatic rings. The van der Waals surface area contributed by atoms with Crippen molar-refractivity contribution < 1.29 is 8.78 Å². The molecule has 0 spiro atoms. The standard InChI is InChI=1S/C13H14F2N2S/c1-8(2)16-6-10-7-17-13(18-10)11-5-9(14)3-4-12(11)15/h3-5,7-8,16H,6H2,1-2H3. The minimum atomic E-state index is -0.455. The van der Waals surface area contributed by atoms with E-state index in [1.54, 1.807) is 6.20 Å². The summed E-state index contributed by atoms with van der Waals surface area (Å²) in [5.74, 6) is -0.905. The number of hydrogen-bond donors (Lipinski definition) is 1. The second-order valence-corrected chi connectivity index (χ2v) is 5.41. The molecule has 1 aromatic heterocycles. The predicted molar refractivity (Wildman–Crippen MR) is 69.4 cm³/mol. The molecule has 5 heteroatoms. The predicted octanol–water partition coefficient (Wildman–Crippen LogP) is 3.59. The van der Waals surface area contributed by atoms with E-state index in [1.165, 1.54) is 17.4 Å². The van der Waals surface area contributed by atoms with E-state index in [4.69, 9.17) is 0 Å². The Balaban J connectivity index is 2.21. The molecular weight excluding hydrogens is 254 g/mol. The van der Waals surface area contributed by atoms with Crippen molar-refractivity contribution in [1.82, 2.24) is 10.3 Å². The molecule has 0 amide bonds. The van der Waals surface area contributed by atoms with Crippen molar-refractivity contribution in [1.29, 1.82) is 0 Å². The molecule has 0 saturated heterocycles. The summed E-state index contributed by atoms with van der Waals surface area (Å²) < 4.78 is 26.7. The maximum atomic E-state index is 13.6. The van der Waals surface area contributed by atoms with Crippen LogP contribution in [0.1, 0.15) is 18.7 Å². The Morgan fingerprint density at radius 1 is 1.33 bits per heavy atom. The van der Waals surface area contributed by atoms with Gasteiger partial charge in [-0.2, -0.15) is 0 Å². The van der Waals surface area contributed by atoms with E-state index >= 15 is 0 Å². The van der Waals surface area contributed by atoms with Gasteiger partial charge in [-0.15, -0.1) is 11.3 Å². The molecule has 0 bridgehead atoms. The fourth-order valence-electron chi connectivity index (χ4n) is 1.48. The van der Waals surface area contributed by atoms with Crippen LogP contribution in [0, 0.1) is 11.6 Å². The average Bonchev–Trinajstić information content (AvgIpc) is 2.78. The van der Waals surface area contributed by atoms with Crippen molar-refractivity contribution >= 4 is 11.3 Å². The second kappa shape index (κ2) is 5.54. The summed E-state index contributed by atoms with van der Waals surface area (Å²) in [5, 5.41) is 3.76. The Hall–Kier alpha value is -1.33. The molecule has 0 aliphatic heterocycles. The van der Waals surface area contributed by atoms with Gasteiger partial charge in [-0.1, -0.05) is 13.8 Å². The van der Waals surface area contributed by atoms with E-state index in [1.807, 2.05) is 13.8 Å². The average molecular weight is 268 g/mol. The van der Waals surface area contributed by atoms with E-state index in [0.717, 1.165) is 17.0 Å². The van der Waals surface area contributed by atoms with Crippen LogP contribution in [0.3, 0.4) is 0 Å². The van der Waals surface area contributed by atoms with Crippen LogP contribution in [0.2, 0.25) is 0 Å². The van der Waals surface area contributed by atoms with Gasteiger partial charge < -0.3 is 5.32 Å². The SMILES string of the molecule is CC(C)NCc1cnc(-c2cc(F)ccc2F)s1. The number of thiazole rings is 1. The Bertz CT molecular complexity index is 538. The lowest BCUT2D eigenvalue weighted by atomic mass is 10.2. The summed E-state index contributed by atoms with van der Waals surface area (Å²) in [7, 11) is 0. The van der Waals surface area contributed by atoms with Gasteiger partial charge in [0, 0.05) is 29.2 Å². The topological polar surface area (TPSA) is 24.9 Å². The maximum Gasteiger partial charge on any atom is 0.133 e. The van der Waals surface area contributed by atoms with E-state index in [-0.39, 0.29) is 5.56 Å². The third-order valence-electron chi connectivity index (χ3n) is 2.40. The molecule has 0 radical (unpaired) electrons. The van der Waals surface area contributed by atoms with Gasteiger partial charge >= 0.3 is 0 Å². The number of aromatic nitrogens is 1. The Kier molecular flexibility index (Phi) is 4.04. The first-order valence-electron chi connectivity index (χ1n) is 5.70. The normalized spacial score (nSPS) is 11.2. The monoisotopic (exact) mass is 268 g/mol. The van der Waals surface area contributed by atoms with Gasteiger partial charge in [0.25, 0.3) is 0 Å². The summed E-state index contributed by atoms with van der Waals surface area (Å²) in [6, 6.07) is 3.78. The van der Waals surface area contributed by atoms with Crippen LogP contribution in [-0.2, 0) is 6.54 Å². The van der Waals surface area contributed by atoms with Crippen molar-refractivity contribution in [3.8, 4) is 10.6 Å². The zero-order valence-electron chi connectivity index (χ0n) is 10.2. The molecule has 96 valence electrons. The molecule has 1 aromatic carbocycles. The number of benzene rings is 1. The molecule has 0 fully saturated rings. The molecule has 0 aliphatic carbocycles. The minimum absolute atomic E-state index is 0.218. The largest absolute Gasteiger partial charge is 0.310 e. The quantitative estimate of drug-likeness (QED) is 0.916. The Morgan fingerprint density at radius 2 is 2.11 bits per heavy atom. The lowest BCUT2D eigenvalue weighted by molar-refractivity contribution is 0.593. The summed E-state index contributed by atoms with van der Waals surface area (Å²) in [6.45, 7) is 4.79. The number of halogens is 2. The highest BCUT2D eigenvalue weighted by Gasteiger charge is 2.11. The van der Waals surface area contributed by atoms with E-state index < -0.39 is 11.6 Å². The van der Waals surface area contributed by atoms with Crippen molar-refractivity contribution in [2.45, 2.75) is 26.4 Å². The first kappa shape index (κ1) is 13.1. The van der Waals surface area contributed by atoms with Crippen LogP contribution in [0.4, 0.5) is 8.78 Å². The fraction of sp³-hybridized carbons (Fsp3) is 0.308. The number of nitrogens with one attached hydrogen (secondary N) is 1. The first-order valence-corrected chi connectivity index (χ1v) is 6.51. The van der Waals surface area contributed by atoms with Gasteiger partial charge in [-0.25, -0.2) is 13.8 Å². The third-order valence-corrected chi connectivity index (χ3v) is 3.43. The molecule has 2 rings (SSSR count). The number of rotatable bonds is 4. The molecule has 0 aliphatic rings. The second-order valence-electron chi connectivity index (χ2n) is 4.29. The Labute approximate surface area is 109 Å². The van der Waals surface area contributed by atoms with Crippen molar-refractivity contribution in [3.05, 3.63) is 40.9 Å². The van der Waals surface area contributed by atoms with Crippen molar-refractivity contribution in [2.75, 3.05) is 0 Å². The van der Waals surface area contributed by atoms with Gasteiger partial charge in [-0.3, -0.25) is 0 Å². The van der Waals surface area contributed by atoms with Crippen LogP contribution in [0.5, 0.6) is 0 Å². The van der Waals surface area contributed by atoms with Gasteiger partial charge in [0.1, 0.15) is 16.6 Å². The van der Waals surface area contributed by atoms with Crippen molar-refractivity contribution in [3.63, 3.8) is 0 Å². The summed E-state index contributed by atoms with van der Waals surface area (Å²) in [5.41, 5.74) is 0.218. The highest BCUT2D eigenvalue weighted by Crippen LogP contribution is 2.28. The smallest absolute Gasteiger partial charge is 0.133 e. The zero-order valence-corrected chi connectivity index (χ0v) is 11.0. The van der Waals surface area contributed by atoms with E-state index in [0.29, 0.717) is 17.6 Å². The molecule has 0 atom stereocenters. The van der Waals surface area contributed by atoms with Crippen LogP contribution >= 0.6 is 11.3 Å². The van der Waals surface area contributed by atoms with Crippen molar-refractivity contribution in [2.24, 2.45) is 0 Å². The van der Waals surface area contributed by atoms with Gasteiger partial charge in [0.05, 0.1) is 0 Å². The van der Waals surface area contributed by atoms with E-state index in [2.05, 4.69) is 10.3 Å². The molecule has 1 heterocycles. The molecule has 18 heavy (non-hydrogen) atoms. The highest BCUT2D eigenvalue weighted by molar-refractivity contribution is 7.15. The molecule has 0 unspecified atom stereocenters. The van der Waals surface area contributed by atoms with Gasteiger partial charge in [0.15, 0.2) is 0 Å². The summed E-state index contributed by atoms with van der Waals surface area (Å²) in [6.07, 6.45) is 1.69. The highest BCUT2D eigenvalue weighted by atomic mass is 32.1. The molecule has 1 N–H and O–H groups in total. The lowest BCUT2D eigenvalue weighted by Crippen LogP contribution is -2.21. The van der Waals surface area contributed by atoms with Crippen LogP contribution in [-0.4, -0.2) is 11.0 Å². The Morgan fingerprint density at radius 3 is 2.83 bits per heavy atom. The molecular formula is C13H14F2N2S. The third kappa shape index (κ3) is 3.11. The van der Waals surface area contributed by atoms with E-state index in [9.17, 15) is 8.78 Å². The van der Waals surface area contributed by atoms with Crippen LogP contribution in [0.15, 0.2) is 24.4 Å². The van der Waals surface area contributed by atoms with Crippen LogP contribution < -0.4 is 5.32 Å². The number of nitrogens with zero attached hydrogens (tertiary/aromatic N) is 1. The number of hydrogen-bond acceptors (Lipinski definition) is 3. The first-order chi connectivity index (χ1) is 8.56. The summed E-state index contributed by atoms with van der Waals surface area (Å²) >= 11 is 1.37. The van der Waals surface area contributed by atoms with Gasteiger partial charge in [0.2, 0.25) is 0 Å². The lowest BCUT2D eigenvalue weighted by Gasteiger charge is -2.04.